The molecule has 1 aromatic heterocycles. The van der Waals surface area contributed by atoms with Crippen LogP contribution in [0.3, 0.4) is 0 Å². The van der Waals surface area contributed by atoms with Gasteiger partial charge in [0.15, 0.2) is 0 Å². The van der Waals surface area contributed by atoms with Gasteiger partial charge in [-0.3, -0.25) is 4.68 Å². The van der Waals surface area contributed by atoms with Crippen molar-refractivity contribution in [2.24, 2.45) is 12.2 Å². The van der Waals surface area contributed by atoms with Crippen LogP contribution in [0, 0.1) is 0 Å². The lowest BCUT2D eigenvalue weighted by Gasteiger charge is -2.13. The molecule has 0 amide bonds. The number of rotatable bonds is 0. The molecule has 4 nitrogen and oxygen atoms in total. The lowest BCUT2D eigenvalue weighted by Crippen LogP contribution is -2.08. The zero-order valence-corrected chi connectivity index (χ0v) is 8.69. The van der Waals surface area contributed by atoms with Gasteiger partial charge < -0.3 is 4.84 Å². The first-order valence-corrected chi connectivity index (χ1v) is 4.88. The van der Waals surface area contributed by atoms with Crippen molar-refractivity contribution < 1.29 is 4.84 Å². The van der Waals surface area contributed by atoms with Gasteiger partial charge in [-0.2, -0.15) is 5.10 Å². The lowest BCUT2D eigenvalue weighted by atomic mass is 10.0. The van der Waals surface area contributed by atoms with Crippen molar-refractivity contribution in [3.63, 3.8) is 0 Å². The summed E-state index contributed by atoms with van der Waals surface area (Å²) in [6.07, 6.45) is 2.01. The molecule has 0 radical (unpaired) electrons. The summed E-state index contributed by atoms with van der Waals surface area (Å²) in [6, 6.07) is 4.16. The van der Waals surface area contributed by atoms with E-state index in [1.807, 2.05) is 24.9 Å². The fraction of sp³-hybridized carbons (Fsp3) is 0.273. The van der Waals surface area contributed by atoms with Crippen LogP contribution in [0.5, 0.6) is 0 Å². The van der Waals surface area contributed by atoms with Crippen molar-refractivity contribution in [1.29, 1.82) is 0 Å². The summed E-state index contributed by atoms with van der Waals surface area (Å²) in [4.78, 5) is 5.16. The molecule has 3 rings (SSSR count). The van der Waals surface area contributed by atoms with Gasteiger partial charge in [0, 0.05) is 29.8 Å². The van der Waals surface area contributed by atoms with Gasteiger partial charge in [-0.1, -0.05) is 17.3 Å². The predicted molar refractivity (Wildman–Crippen MR) is 57.7 cm³/mol. The highest BCUT2D eigenvalue weighted by molar-refractivity contribution is 6.03. The zero-order chi connectivity index (χ0) is 10.4. The quantitative estimate of drug-likeness (QED) is 0.652. The minimum Gasteiger partial charge on any atom is -0.391 e. The Balaban J connectivity index is 2.38. The maximum Gasteiger partial charge on any atom is 0.145 e. The Morgan fingerprint density at radius 3 is 3.13 bits per heavy atom. The third-order valence-corrected chi connectivity index (χ3v) is 2.70. The maximum atomic E-state index is 5.16. The molecule has 2 heterocycles. The Labute approximate surface area is 87.1 Å². The summed E-state index contributed by atoms with van der Waals surface area (Å²) in [5.41, 5.74) is 4.22. The number of hydrogen-bond donors (Lipinski definition) is 0. The van der Waals surface area contributed by atoms with Crippen molar-refractivity contribution >= 4 is 16.6 Å². The van der Waals surface area contributed by atoms with Crippen molar-refractivity contribution in [3.05, 3.63) is 29.5 Å². The molecule has 0 unspecified atom stereocenters. The van der Waals surface area contributed by atoms with E-state index < -0.39 is 0 Å². The number of nitrogens with zero attached hydrogens (tertiary/aromatic N) is 3. The van der Waals surface area contributed by atoms with Crippen LogP contribution in [0.4, 0.5) is 0 Å². The number of oxime groups is 1. The Bertz CT molecular complexity index is 568. The van der Waals surface area contributed by atoms with Crippen LogP contribution in [-0.2, 0) is 18.5 Å². The normalized spacial score (nSPS) is 14.7. The molecule has 0 fully saturated rings. The molecule has 0 saturated heterocycles. The second-order valence-corrected chi connectivity index (χ2v) is 3.78. The van der Waals surface area contributed by atoms with E-state index >= 15 is 0 Å². The molecule has 0 spiro atoms. The summed E-state index contributed by atoms with van der Waals surface area (Å²) in [6.45, 7) is 2.47. The SMILES string of the molecule is CC1=NOCc2c1ccc1cn(C)nc21. The van der Waals surface area contributed by atoms with Crippen molar-refractivity contribution in [3.8, 4) is 0 Å². The third-order valence-electron chi connectivity index (χ3n) is 2.70. The predicted octanol–water partition coefficient (Wildman–Crippen LogP) is 1.83. The minimum absolute atomic E-state index is 0.515. The van der Waals surface area contributed by atoms with Gasteiger partial charge >= 0.3 is 0 Å². The van der Waals surface area contributed by atoms with Crippen LogP contribution in [0.15, 0.2) is 23.5 Å². The Hall–Kier alpha value is -1.84. The van der Waals surface area contributed by atoms with Gasteiger partial charge in [-0.25, -0.2) is 0 Å². The van der Waals surface area contributed by atoms with Crippen LogP contribution in [0.2, 0.25) is 0 Å². The van der Waals surface area contributed by atoms with Gasteiger partial charge in [-0.15, -0.1) is 0 Å². The fourth-order valence-corrected chi connectivity index (χ4v) is 1.99. The molecule has 0 atom stereocenters. The molecule has 0 saturated carbocycles. The summed E-state index contributed by atoms with van der Waals surface area (Å²) in [5, 5.41) is 9.56. The second-order valence-electron chi connectivity index (χ2n) is 3.78. The molecular weight excluding hydrogens is 190 g/mol. The number of aromatic nitrogens is 2. The van der Waals surface area contributed by atoms with Gasteiger partial charge in [-0.05, 0) is 6.92 Å². The topological polar surface area (TPSA) is 39.4 Å². The van der Waals surface area contributed by atoms with Gasteiger partial charge in [0.25, 0.3) is 0 Å². The van der Waals surface area contributed by atoms with Crippen molar-refractivity contribution in [1.82, 2.24) is 9.78 Å². The zero-order valence-electron chi connectivity index (χ0n) is 8.69. The van der Waals surface area contributed by atoms with E-state index in [9.17, 15) is 0 Å². The number of aryl methyl sites for hydroxylation is 1. The minimum atomic E-state index is 0.515. The summed E-state index contributed by atoms with van der Waals surface area (Å²) < 4.78 is 1.83. The van der Waals surface area contributed by atoms with Gasteiger partial charge in [0.2, 0.25) is 0 Å². The molecular formula is C11H11N3O. The molecule has 1 aromatic carbocycles. The van der Waals surface area contributed by atoms with Crippen LogP contribution in [-0.4, -0.2) is 15.5 Å². The van der Waals surface area contributed by atoms with E-state index in [1.165, 1.54) is 0 Å². The van der Waals surface area contributed by atoms with E-state index in [1.54, 1.807) is 0 Å². The molecule has 4 heteroatoms. The van der Waals surface area contributed by atoms with E-state index in [4.69, 9.17) is 4.84 Å². The summed E-state index contributed by atoms with van der Waals surface area (Å²) in [7, 11) is 1.93. The van der Waals surface area contributed by atoms with Crippen LogP contribution >= 0.6 is 0 Å². The number of fused-ring (bicyclic) bond motifs is 3. The molecule has 0 N–H and O–H groups in total. The molecule has 2 aromatic rings. The first-order valence-electron chi connectivity index (χ1n) is 4.88. The van der Waals surface area contributed by atoms with Crippen molar-refractivity contribution in [2.45, 2.75) is 13.5 Å². The standard InChI is InChI=1S/C11H11N3O/c1-7-9-4-3-8-5-14(2)12-11(8)10(9)6-15-13-7/h3-5H,6H2,1-2H3. The third kappa shape index (κ3) is 1.14. The number of hydrogen-bond acceptors (Lipinski definition) is 3. The average molecular weight is 201 g/mol. The summed E-state index contributed by atoms with van der Waals surface area (Å²) >= 11 is 0. The molecule has 76 valence electrons. The Morgan fingerprint density at radius 2 is 2.27 bits per heavy atom. The van der Waals surface area contributed by atoms with E-state index in [0.29, 0.717) is 6.61 Å². The first-order chi connectivity index (χ1) is 7.25. The monoisotopic (exact) mass is 201 g/mol. The van der Waals surface area contributed by atoms with Crippen LogP contribution in [0.1, 0.15) is 18.1 Å². The highest BCUT2D eigenvalue weighted by atomic mass is 16.6. The smallest absolute Gasteiger partial charge is 0.145 e. The van der Waals surface area contributed by atoms with Crippen LogP contribution < -0.4 is 0 Å². The molecule has 1 aliphatic heterocycles. The van der Waals surface area contributed by atoms with E-state index in [0.717, 1.165) is 27.7 Å². The number of benzene rings is 1. The molecule has 0 bridgehead atoms. The Kier molecular flexibility index (Phi) is 1.59. The molecule has 0 aliphatic carbocycles. The van der Waals surface area contributed by atoms with Gasteiger partial charge in [0.05, 0.1) is 11.2 Å². The summed E-state index contributed by atoms with van der Waals surface area (Å²) in [5.74, 6) is 0. The largest absolute Gasteiger partial charge is 0.391 e. The van der Waals surface area contributed by atoms with Crippen molar-refractivity contribution in [2.75, 3.05) is 0 Å². The van der Waals surface area contributed by atoms with E-state index in [-0.39, 0.29) is 0 Å². The second kappa shape index (κ2) is 2.82. The lowest BCUT2D eigenvalue weighted by molar-refractivity contribution is 0.126. The molecule has 1 aliphatic rings. The Morgan fingerprint density at radius 1 is 1.40 bits per heavy atom. The highest BCUT2D eigenvalue weighted by Crippen LogP contribution is 2.25. The van der Waals surface area contributed by atoms with E-state index in [2.05, 4.69) is 22.4 Å². The maximum absolute atomic E-state index is 5.16. The van der Waals surface area contributed by atoms with Crippen LogP contribution in [0.25, 0.3) is 10.9 Å². The fourth-order valence-electron chi connectivity index (χ4n) is 1.99. The average Bonchev–Trinajstić information content (AvgIpc) is 2.59. The highest BCUT2D eigenvalue weighted by Gasteiger charge is 2.16. The molecule has 15 heavy (non-hydrogen) atoms. The first kappa shape index (κ1) is 8.47. The van der Waals surface area contributed by atoms with Gasteiger partial charge in [0.1, 0.15) is 6.61 Å².